The molecule has 196 valence electrons. The van der Waals surface area contributed by atoms with Crippen LogP contribution in [0.4, 0.5) is 13.2 Å². The number of amides is 2. The Morgan fingerprint density at radius 3 is 2.39 bits per heavy atom. The van der Waals surface area contributed by atoms with E-state index in [9.17, 15) is 31.2 Å². The number of halogens is 3. The summed E-state index contributed by atoms with van der Waals surface area (Å²) < 4.78 is 71.1. The van der Waals surface area contributed by atoms with E-state index in [2.05, 4.69) is 10.6 Å². The number of hydrogen-bond acceptors (Lipinski definition) is 5. The minimum absolute atomic E-state index is 0.0320. The van der Waals surface area contributed by atoms with E-state index in [4.69, 9.17) is 4.74 Å². The van der Waals surface area contributed by atoms with Gasteiger partial charge in [-0.3, -0.25) is 9.59 Å². The molecular weight excluding hydrogens is 499 g/mol. The molecule has 12 heteroatoms. The normalized spacial score (nSPS) is 16.2. The maximum atomic E-state index is 13.0. The van der Waals surface area contributed by atoms with Gasteiger partial charge >= 0.3 is 6.18 Å². The molecule has 1 fully saturated rings. The minimum Gasteiger partial charge on any atom is -0.497 e. The molecule has 3 rings (SSSR count). The summed E-state index contributed by atoms with van der Waals surface area (Å²) >= 11 is 0. The van der Waals surface area contributed by atoms with Crippen molar-refractivity contribution in [3.63, 3.8) is 0 Å². The first kappa shape index (κ1) is 27.5. The number of methoxy groups -OCH3 is 1. The van der Waals surface area contributed by atoms with Gasteiger partial charge in [0.25, 0.3) is 0 Å². The van der Waals surface area contributed by atoms with Crippen molar-refractivity contribution in [1.29, 1.82) is 0 Å². The van der Waals surface area contributed by atoms with Crippen molar-refractivity contribution in [2.75, 3.05) is 20.2 Å². The molecule has 0 unspecified atom stereocenters. The minimum atomic E-state index is -4.65. The second-order valence-electron chi connectivity index (χ2n) is 8.52. The van der Waals surface area contributed by atoms with E-state index in [0.29, 0.717) is 11.8 Å². The average Bonchev–Trinajstić information content (AvgIpc) is 2.83. The van der Waals surface area contributed by atoms with Gasteiger partial charge in [0.2, 0.25) is 21.8 Å². The Morgan fingerprint density at radius 1 is 1.11 bits per heavy atom. The zero-order valence-electron chi connectivity index (χ0n) is 19.8. The van der Waals surface area contributed by atoms with Crippen molar-refractivity contribution >= 4 is 21.8 Å². The van der Waals surface area contributed by atoms with Crippen molar-refractivity contribution in [2.45, 2.75) is 49.3 Å². The molecule has 1 atom stereocenters. The molecule has 0 radical (unpaired) electrons. The van der Waals surface area contributed by atoms with E-state index in [1.807, 2.05) is 6.07 Å². The molecule has 1 aliphatic heterocycles. The fourth-order valence-corrected chi connectivity index (χ4v) is 5.53. The van der Waals surface area contributed by atoms with Gasteiger partial charge in [-0.1, -0.05) is 18.2 Å². The SMILES string of the molecule is COc1cccc(C[C@@H](NC(C)=O)C(=O)NC2CCN(S(=O)(=O)c3cccc(C(F)(F)F)c3)CC2)c1. The summed E-state index contributed by atoms with van der Waals surface area (Å²) in [4.78, 5) is 24.2. The predicted octanol–water partition coefficient (Wildman–Crippen LogP) is 2.73. The lowest BCUT2D eigenvalue weighted by Gasteiger charge is -2.32. The second kappa shape index (κ2) is 11.3. The van der Waals surface area contributed by atoms with Gasteiger partial charge in [-0.15, -0.1) is 0 Å². The molecule has 2 amide bonds. The van der Waals surface area contributed by atoms with Crippen LogP contribution in [0.15, 0.2) is 53.4 Å². The highest BCUT2D eigenvalue weighted by Crippen LogP contribution is 2.31. The summed E-state index contributed by atoms with van der Waals surface area (Å²) in [6, 6.07) is 9.55. The van der Waals surface area contributed by atoms with Crippen molar-refractivity contribution in [3.05, 3.63) is 59.7 Å². The van der Waals surface area contributed by atoms with E-state index < -0.39 is 38.6 Å². The van der Waals surface area contributed by atoms with E-state index in [1.165, 1.54) is 14.0 Å². The van der Waals surface area contributed by atoms with Crippen molar-refractivity contribution in [2.24, 2.45) is 0 Å². The van der Waals surface area contributed by atoms with Crippen LogP contribution in [-0.2, 0) is 32.2 Å². The number of alkyl halides is 3. The molecule has 0 saturated carbocycles. The maximum Gasteiger partial charge on any atom is 0.416 e. The maximum absolute atomic E-state index is 13.0. The highest BCUT2D eigenvalue weighted by Gasteiger charge is 2.35. The molecule has 2 aromatic rings. The summed E-state index contributed by atoms with van der Waals surface area (Å²) in [5.74, 6) is -0.170. The van der Waals surface area contributed by atoms with Crippen LogP contribution in [0, 0.1) is 0 Å². The lowest BCUT2D eigenvalue weighted by atomic mass is 10.0. The standard InChI is InChI=1S/C24H28F3N3O5S/c1-16(31)28-22(14-17-5-3-7-20(13-17)35-2)23(32)29-19-9-11-30(12-10-19)36(33,34)21-8-4-6-18(15-21)24(25,26)27/h3-8,13,15,19,22H,9-12,14H2,1-2H3,(H,28,31)(H,29,32)/t22-/m1/s1. The van der Waals surface area contributed by atoms with Gasteiger partial charge < -0.3 is 15.4 Å². The zero-order valence-corrected chi connectivity index (χ0v) is 20.7. The van der Waals surface area contributed by atoms with Crippen LogP contribution >= 0.6 is 0 Å². The van der Waals surface area contributed by atoms with Crippen molar-refractivity contribution < 1.29 is 35.9 Å². The third kappa shape index (κ3) is 6.97. The van der Waals surface area contributed by atoms with E-state index in [0.717, 1.165) is 28.1 Å². The van der Waals surface area contributed by atoms with E-state index >= 15 is 0 Å². The Morgan fingerprint density at radius 2 is 1.78 bits per heavy atom. The smallest absolute Gasteiger partial charge is 0.416 e. The number of nitrogens with one attached hydrogen (secondary N) is 2. The highest BCUT2D eigenvalue weighted by atomic mass is 32.2. The summed E-state index contributed by atoms with van der Waals surface area (Å²) in [6.45, 7) is 1.37. The number of hydrogen-bond donors (Lipinski definition) is 2. The zero-order chi connectivity index (χ0) is 26.5. The van der Waals surface area contributed by atoms with Gasteiger partial charge in [-0.2, -0.15) is 17.5 Å². The summed E-state index contributed by atoms with van der Waals surface area (Å²) in [5.41, 5.74) is -0.254. The Balaban J connectivity index is 1.63. The van der Waals surface area contributed by atoms with Gasteiger partial charge in [0, 0.05) is 32.5 Å². The molecule has 8 nitrogen and oxygen atoms in total. The van der Waals surface area contributed by atoms with E-state index in [1.54, 1.807) is 18.2 Å². The molecule has 1 heterocycles. The van der Waals surface area contributed by atoms with Gasteiger partial charge in [0.15, 0.2) is 0 Å². The Kier molecular flexibility index (Phi) is 8.62. The number of benzene rings is 2. The van der Waals surface area contributed by atoms with Gasteiger partial charge in [-0.25, -0.2) is 8.42 Å². The fourth-order valence-electron chi connectivity index (χ4n) is 4.01. The number of carbonyl (C=O) groups excluding carboxylic acids is 2. The summed E-state index contributed by atoms with van der Waals surface area (Å²) in [7, 11) is -2.60. The molecule has 0 aliphatic carbocycles. The van der Waals surface area contributed by atoms with Crippen molar-refractivity contribution in [3.8, 4) is 5.75 Å². The number of carbonyl (C=O) groups is 2. The molecule has 2 aromatic carbocycles. The van der Waals surface area contributed by atoms with Crippen LogP contribution in [-0.4, -0.2) is 56.8 Å². The van der Waals surface area contributed by atoms with Crippen molar-refractivity contribution in [1.82, 2.24) is 14.9 Å². The molecule has 36 heavy (non-hydrogen) atoms. The number of sulfonamides is 1. The highest BCUT2D eigenvalue weighted by molar-refractivity contribution is 7.89. The first-order valence-electron chi connectivity index (χ1n) is 11.3. The molecule has 2 N–H and O–H groups in total. The topological polar surface area (TPSA) is 105 Å². The second-order valence-corrected chi connectivity index (χ2v) is 10.5. The van der Waals surface area contributed by atoms with Crippen LogP contribution in [0.5, 0.6) is 5.75 Å². The number of piperidine rings is 1. The third-order valence-corrected chi connectivity index (χ3v) is 7.76. The van der Waals surface area contributed by atoms with Crippen LogP contribution in [0.1, 0.15) is 30.9 Å². The third-order valence-electron chi connectivity index (χ3n) is 5.87. The Labute approximate surface area is 207 Å². The lowest BCUT2D eigenvalue weighted by Crippen LogP contribution is -2.53. The molecule has 0 aromatic heterocycles. The molecule has 1 aliphatic rings. The Hall–Kier alpha value is -3.12. The number of nitrogens with zero attached hydrogens (tertiary/aromatic N) is 1. The Bertz CT molecular complexity index is 1200. The molecular formula is C24H28F3N3O5S. The average molecular weight is 528 g/mol. The first-order chi connectivity index (χ1) is 16.9. The predicted molar refractivity (Wildman–Crippen MR) is 126 cm³/mol. The van der Waals surface area contributed by atoms with E-state index in [-0.39, 0.29) is 44.3 Å². The van der Waals surface area contributed by atoms with Crippen LogP contribution < -0.4 is 15.4 Å². The largest absolute Gasteiger partial charge is 0.497 e. The van der Waals surface area contributed by atoms with Gasteiger partial charge in [-0.05, 0) is 48.7 Å². The molecule has 0 bridgehead atoms. The van der Waals surface area contributed by atoms with Gasteiger partial charge in [0.1, 0.15) is 11.8 Å². The first-order valence-corrected chi connectivity index (χ1v) is 12.7. The quantitative estimate of drug-likeness (QED) is 0.550. The number of ether oxygens (including phenoxy) is 1. The molecule has 1 saturated heterocycles. The summed E-state index contributed by atoms with van der Waals surface area (Å²) in [6.07, 6.45) is -3.88. The van der Waals surface area contributed by atoms with Gasteiger partial charge in [0.05, 0.1) is 17.6 Å². The fraction of sp³-hybridized carbons (Fsp3) is 0.417. The van der Waals surface area contributed by atoms with Crippen LogP contribution in [0.2, 0.25) is 0 Å². The monoisotopic (exact) mass is 527 g/mol. The lowest BCUT2D eigenvalue weighted by molar-refractivity contribution is -0.137. The number of rotatable bonds is 8. The molecule has 0 spiro atoms. The van der Waals surface area contributed by atoms with Crippen LogP contribution in [0.25, 0.3) is 0 Å². The van der Waals surface area contributed by atoms with Crippen LogP contribution in [0.3, 0.4) is 0 Å². The summed E-state index contributed by atoms with van der Waals surface area (Å²) in [5, 5.41) is 5.50.